The van der Waals surface area contributed by atoms with Gasteiger partial charge in [-0.05, 0) is 44.4 Å². The zero-order valence-corrected chi connectivity index (χ0v) is 11.8. The maximum atomic E-state index is 11.6. The molecular formula is C14H26N2O3. The summed E-state index contributed by atoms with van der Waals surface area (Å²) in [7, 11) is 0. The molecule has 0 heterocycles. The Morgan fingerprint density at radius 1 is 1.16 bits per heavy atom. The summed E-state index contributed by atoms with van der Waals surface area (Å²) in [4.78, 5) is 21.9. The average Bonchev–Trinajstić information content (AvgIpc) is 2.39. The zero-order chi connectivity index (χ0) is 14.1. The van der Waals surface area contributed by atoms with Gasteiger partial charge in [0.15, 0.2) is 0 Å². The molecule has 0 aromatic rings. The summed E-state index contributed by atoms with van der Waals surface area (Å²) < 4.78 is 0. The first kappa shape index (κ1) is 15.8. The molecule has 0 bridgehead atoms. The molecule has 0 aromatic heterocycles. The summed E-state index contributed by atoms with van der Waals surface area (Å²) in [6, 6.07) is 0.192. The van der Waals surface area contributed by atoms with E-state index in [1.54, 1.807) is 0 Å². The largest absolute Gasteiger partial charge is 0.481 e. The Kier molecular flexibility index (Phi) is 7.30. The number of carboxylic acids is 1. The highest BCUT2D eigenvalue weighted by atomic mass is 16.4. The number of urea groups is 1. The molecule has 5 heteroatoms. The summed E-state index contributed by atoms with van der Waals surface area (Å²) in [5.41, 5.74) is 0. The predicted molar refractivity (Wildman–Crippen MR) is 74.1 cm³/mol. The van der Waals surface area contributed by atoms with Crippen molar-refractivity contribution in [3.63, 3.8) is 0 Å². The van der Waals surface area contributed by atoms with E-state index in [0.717, 1.165) is 18.8 Å². The fourth-order valence-corrected chi connectivity index (χ4v) is 2.55. The Bertz CT molecular complexity index is 286. The summed E-state index contributed by atoms with van der Waals surface area (Å²) >= 11 is 0. The van der Waals surface area contributed by atoms with Crippen molar-refractivity contribution in [2.24, 2.45) is 5.92 Å². The van der Waals surface area contributed by atoms with Crippen LogP contribution in [0.2, 0.25) is 0 Å². The number of carboxylic acid groups (broad SMARTS) is 1. The molecule has 2 amide bonds. The molecule has 1 aliphatic carbocycles. The summed E-state index contributed by atoms with van der Waals surface area (Å²) in [5.74, 6) is 0.0502. The number of hydrogen-bond donors (Lipinski definition) is 3. The van der Waals surface area contributed by atoms with Gasteiger partial charge < -0.3 is 15.7 Å². The van der Waals surface area contributed by atoms with Crippen molar-refractivity contribution >= 4 is 12.0 Å². The monoisotopic (exact) mass is 270 g/mol. The molecule has 1 aliphatic rings. The van der Waals surface area contributed by atoms with E-state index < -0.39 is 5.97 Å². The standard InChI is InChI=1S/C14H26N2O3/c1-2-11-6-8-12(9-7-11)16-14(19)15-10-4-3-5-13(17)18/h11-12H,2-10H2,1H3,(H,17,18)(H2,15,16,19). The molecule has 1 fully saturated rings. The quantitative estimate of drug-likeness (QED) is 0.622. The minimum Gasteiger partial charge on any atom is -0.481 e. The SMILES string of the molecule is CCC1CCC(NC(=O)NCCCCC(=O)O)CC1. The molecule has 0 saturated heterocycles. The lowest BCUT2D eigenvalue weighted by molar-refractivity contribution is -0.137. The Morgan fingerprint density at radius 3 is 2.42 bits per heavy atom. The minimum atomic E-state index is -0.780. The van der Waals surface area contributed by atoms with Crippen LogP contribution in [0.4, 0.5) is 4.79 Å². The van der Waals surface area contributed by atoms with Crippen molar-refractivity contribution < 1.29 is 14.7 Å². The van der Waals surface area contributed by atoms with Gasteiger partial charge in [-0.25, -0.2) is 4.79 Å². The maximum Gasteiger partial charge on any atom is 0.315 e. The highest BCUT2D eigenvalue weighted by molar-refractivity contribution is 5.74. The molecule has 0 spiro atoms. The lowest BCUT2D eigenvalue weighted by Crippen LogP contribution is -2.43. The molecule has 0 aliphatic heterocycles. The van der Waals surface area contributed by atoms with Gasteiger partial charge in [-0.1, -0.05) is 13.3 Å². The molecule has 0 aromatic carbocycles. The van der Waals surface area contributed by atoms with Gasteiger partial charge in [0.1, 0.15) is 0 Å². The summed E-state index contributed by atoms with van der Waals surface area (Å²) in [5, 5.41) is 14.3. The van der Waals surface area contributed by atoms with Crippen LogP contribution in [0.1, 0.15) is 58.3 Å². The fourth-order valence-electron chi connectivity index (χ4n) is 2.55. The van der Waals surface area contributed by atoms with E-state index >= 15 is 0 Å². The van der Waals surface area contributed by atoms with Gasteiger partial charge >= 0.3 is 12.0 Å². The second-order valence-corrected chi connectivity index (χ2v) is 5.38. The van der Waals surface area contributed by atoms with Crippen molar-refractivity contribution in [2.45, 2.75) is 64.3 Å². The van der Waals surface area contributed by atoms with E-state index in [1.165, 1.54) is 19.3 Å². The molecular weight excluding hydrogens is 244 g/mol. The number of aliphatic carboxylic acids is 1. The van der Waals surface area contributed by atoms with Crippen molar-refractivity contribution in [3.8, 4) is 0 Å². The minimum absolute atomic E-state index is 0.115. The fraction of sp³-hybridized carbons (Fsp3) is 0.857. The number of carbonyl (C=O) groups excluding carboxylic acids is 1. The van der Waals surface area contributed by atoms with Gasteiger partial charge in [0.25, 0.3) is 0 Å². The molecule has 110 valence electrons. The van der Waals surface area contributed by atoms with E-state index in [2.05, 4.69) is 17.6 Å². The van der Waals surface area contributed by atoms with Gasteiger partial charge in [-0.3, -0.25) is 4.79 Å². The third-order valence-electron chi connectivity index (χ3n) is 3.86. The number of rotatable bonds is 7. The molecule has 3 N–H and O–H groups in total. The Hall–Kier alpha value is -1.26. The number of nitrogens with one attached hydrogen (secondary N) is 2. The third kappa shape index (κ3) is 7.03. The predicted octanol–water partition coefficient (Wildman–Crippen LogP) is 2.51. The second-order valence-electron chi connectivity index (χ2n) is 5.38. The van der Waals surface area contributed by atoms with E-state index in [1.807, 2.05) is 0 Å². The second kappa shape index (κ2) is 8.77. The normalized spacial score (nSPS) is 22.8. The van der Waals surface area contributed by atoms with E-state index in [4.69, 9.17) is 5.11 Å². The van der Waals surface area contributed by atoms with Crippen LogP contribution in [-0.4, -0.2) is 29.7 Å². The Balaban J connectivity index is 2.03. The molecule has 0 atom stereocenters. The van der Waals surface area contributed by atoms with E-state index in [9.17, 15) is 9.59 Å². The average molecular weight is 270 g/mol. The zero-order valence-electron chi connectivity index (χ0n) is 11.8. The lowest BCUT2D eigenvalue weighted by atomic mass is 9.85. The van der Waals surface area contributed by atoms with Crippen LogP contribution >= 0.6 is 0 Å². The van der Waals surface area contributed by atoms with Crippen LogP contribution in [0.3, 0.4) is 0 Å². The lowest BCUT2D eigenvalue weighted by Gasteiger charge is -2.28. The number of amides is 2. The third-order valence-corrected chi connectivity index (χ3v) is 3.86. The van der Waals surface area contributed by atoms with Crippen LogP contribution in [0.5, 0.6) is 0 Å². The van der Waals surface area contributed by atoms with Crippen LogP contribution < -0.4 is 10.6 Å². The van der Waals surface area contributed by atoms with Gasteiger partial charge in [0.2, 0.25) is 0 Å². The van der Waals surface area contributed by atoms with Crippen LogP contribution in [0.25, 0.3) is 0 Å². The maximum absolute atomic E-state index is 11.6. The molecule has 0 radical (unpaired) electrons. The van der Waals surface area contributed by atoms with Crippen molar-refractivity contribution in [1.82, 2.24) is 10.6 Å². The Morgan fingerprint density at radius 2 is 1.84 bits per heavy atom. The summed E-state index contributed by atoms with van der Waals surface area (Å²) in [6.07, 6.45) is 7.29. The highest BCUT2D eigenvalue weighted by Gasteiger charge is 2.20. The number of unbranched alkanes of at least 4 members (excludes halogenated alkanes) is 1. The molecule has 0 unspecified atom stereocenters. The van der Waals surface area contributed by atoms with Crippen molar-refractivity contribution in [3.05, 3.63) is 0 Å². The molecule has 5 nitrogen and oxygen atoms in total. The number of carbonyl (C=O) groups is 2. The topological polar surface area (TPSA) is 78.4 Å². The molecule has 1 rings (SSSR count). The van der Waals surface area contributed by atoms with Gasteiger partial charge in [-0.2, -0.15) is 0 Å². The molecule has 1 saturated carbocycles. The first-order valence-electron chi connectivity index (χ1n) is 7.38. The van der Waals surface area contributed by atoms with Gasteiger partial charge in [-0.15, -0.1) is 0 Å². The Labute approximate surface area is 115 Å². The van der Waals surface area contributed by atoms with Gasteiger partial charge in [0.05, 0.1) is 0 Å². The smallest absolute Gasteiger partial charge is 0.315 e. The first-order valence-corrected chi connectivity index (χ1v) is 7.38. The molecule has 19 heavy (non-hydrogen) atoms. The van der Waals surface area contributed by atoms with E-state index in [0.29, 0.717) is 25.4 Å². The van der Waals surface area contributed by atoms with Crippen LogP contribution in [-0.2, 0) is 4.79 Å². The van der Waals surface area contributed by atoms with Crippen molar-refractivity contribution in [1.29, 1.82) is 0 Å². The van der Waals surface area contributed by atoms with E-state index in [-0.39, 0.29) is 12.5 Å². The first-order chi connectivity index (χ1) is 9.11. The number of hydrogen-bond acceptors (Lipinski definition) is 2. The summed E-state index contributed by atoms with van der Waals surface area (Å²) in [6.45, 7) is 2.77. The highest BCUT2D eigenvalue weighted by Crippen LogP contribution is 2.26. The van der Waals surface area contributed by atoms with Gasteiger partial charge in [0, 0.05) is 19.0 Å². The van der Waals surface area contributed by atoms with Crippen molar-refractivity contribution in [2.75, 3.05) is 6.54 Å². The van der Waals surface area contributed by atoms with Crippen LogP contribution in [0, 0.1) is 5.92 Å². The van der Waals surface area contributed by atoms with Crippen LogP contribution in [0.15, 0.2) is 0 Å².